The Morgan fingerprint density at radius 2 is 2.09 bits per heavy atom. The third kappa shape index (κ3) is 7.77. The number of hydrogen-bond donors (Lipinski definition) is 2. The Morgan fingerprint density at radius 1 is 1.55 bits per heavy atom. The zero-order valence-corrected chi connectivity index (χ0v) is 7.69. The summed E-state index contributed by atoms with van der Waals surface area (Å²) < 4.78 is 28.9. The lowest BCUT2D eigenvalue weighted by molar-refractivity contribution is 0.471. The minimum Gasteiger partial charge on any atom is -0.314 e. The van der Waals surface area contributed by atoms with Gasteiger partial charge in [0.05, 0.1) is 5.75 Å². The molecule has 0 aromatic carbocycles. The average molecular weight is 181 g/mol. The van der Waals surface area contributed by atoms with Crippen molar-refractivity contribution in [2.24, 2.45) is 0 Å². The number of nitrogens with one attached hydrogen (secondary N) is 1. The normalized spacial score (nSPS) is 14.8. The van der Waals surface area contributed by atoms with E-state index in [1.807, 2.05) is 13.8 Å². The Balaban J connectivity index is 3.54. The molecule has 1 atom stereocenters. The smallest absolute Gasteiger partial charge is 0.264 e. The molecule has 11 heavy (non-hydrogen) atoms. The largest absolute Gasteiger partial charge is 0.314 e. The van der Waals surface area contributed by atoms with E-state index in [1.165, 1.54) is 0 Å². The highest BCUT2D eigenvalue weighted by atomic mass is 32.2. The van der Waals surface area contributed by atoms with Crippen LogP contribution in [0.3, 0.4) is 0 Å². The maximum atomic E-state index is 10.3. The lowest BCUT2D eigenvalue weighted by Gasteiger charge is -2.09. The van der Waals surface area contributed by atoms with Crippen LogP contribution < -0.4 is 5.32 Å². The second-order valence-electron chi connectivity index (χ2n) is 2.53. The summed E-state index contributed by atoms with van der Waals surface area (Å²) in [6, 6.07) is 0.141. The van der Waals surface area contributed by atoms with Crippen LogP contribution in [0, 0.1) is 0 Å². The minimum atomic E-state index is -3.78. The lowest BCUT2D eigenvalue weighted by Crippen LogP contribution is -2.27. The van der Waals surface area contributed by atoms with Gasteiger partial charge in [-0.15, -0.1) is 0 Å². The number of rotatable bonds is 5. The van der Waals surface area contributed by atoms with Gasteiger partial charge < -0.3 is 5.32 Å². The van der Waals surface area contributed by atoms with E-state index in [1.54, 1.807) is 0 Å². The molecular formula is C6H15NO3S. The molecule has 0 saturated heterocycles. The SMILES string of the molecule is CCN[C@@H](C)CCS(=O)(=O)O. The van der Waals surface area contributed by atoms with Crippen molar-refractivity contribution in [1.29, 1.82) is 0 Å². The molecule has 0 saturated carbocycles. The van der Waals surface area contributed by atoms with Crippen LogP contribution in [0.5, 0.6) is 0 Å². The molecule has 2 N–H and O–H groups in total. The fourth-order valence-corrected chi connectivity index (χ4v) is 1.43. The van der Waals surface area contributed by atoms with Gasteiger partial charge in [-0.3, -0.25) is 4.55 Å². The molecule has 0 aliphatic rings. The van der Waals surface area contributed by atoms with E-state index in [0.717, 1.165) is 6.54 Å². The molecule has 0 unspecified atom stereocenters. The molecule has 0 bridgehead atoms. The first kappa shape index (κ1) is 10.9. The topological polar surface area (TPSA) is 66.4 Å². The van der Waals surface area contributed by atoms with Crippen molar-refractivity contribution in [3.8, 4) is 0 Å². The highest BCUT2D eigenvalue weighted by Gasteiger charge is 2.07. The van der Waals surface area contributed by atoms with Crippen LogP contribution in [0.4, 0.5) is 0 Å². The molecule has 0 rings (SSSR count). The summed E-state index contributed by atoms with van der Waals surface area (Å²) >= 11 is 0. The standard InChI is InChI=1S/C6H15NO3S/c1-3-7-6(2)4-5-11(8,9)10/h6-7H,3-5H2,1-2H3,(H,8,9,10)/t6-/m0/s1. The van der Waals surface area contributed by atoms with Crippen molar-refractivity contribution < 1.29 is 13.0 Å². The van der Waals surface area contributed by atoms with Gasteiger partial charge in [0, 0.05) is 6.04 Å². The van der Waals surface area contributed by atoms with Crippen LogP contribution in [0.1, 0.15) is 20.3 Å². The van der Waals surface area contributed by atoms with Crippen LogP contribution in [0.2, 0.25) is 0 Å². The molecule has 0 heterocycles. The highest BCUT2D eigenvalue weighted by Crippen LogP contribution is 1.93. The molecule has 0 aromatic rings. The van der Waals surface area contributed by atoms with Crippen molar-refractivity contribution in [3.63, 3.8) is 0 Å². The van der Waals surface area contributed by atoms with Crippen molar-refractivity contribution >= 4 is 10.1 Å². The van der Waals surface area contributed by atoms with E-state index in [9.17, 15) is 8.42 Å². The zero-order chi connectivity index (χ0) is 8.91. The molecule has 68 valence electrons. The summed E-state index contributed by atoms with van der Waals surface area (Å²) in [6.07, 6.45) is 0.451. The van der Waals surface area contributed by atoms with Gasteiger partial charge >= 0.3 is 0 Å². The third-order valence-electron chi connectivity index (χ3n) is 1.36. The van der Waals surface area contributed by atoms with E-state index in [0.29, 0.717) is 6.42 Å². The summed E-state index contributed by atoms with van der Waals surface area (Å²) in [6.45, 7) is 4.64. The Kier molecular flexibility index (Phi) is 4.63. The zero-order valence-electron chi connectivity index (χ0n) is 6.87. The Morgan fingerprint density at radius 3 is 2.45 bits per heavy atom. The molecule has 0 radical (unpaired) electrons. The fraction of sp³-hybridized carbons (Fsp3) is 1.00. The van der Waals surface area contributed by atoms with Gasteiger partial charge in [-0.05, 0) is 19.9 Å². The van der Waals surface area contributed by atoms with Crippen LogP contribution in [0.25, 0.3) is 0 Å². The first-order chi connectivity index (χ1) is 4.95. The Labute approximate surface area is 67.7 Å². The molecule has 4 nitrogen and oxygen atoms in total. The van der Waals surface area contributed by atoms with E-state index in [-0.39, 0.29) is 11.8 Å². The quantitative estimate of drug-likeness (QED) is 0.597. The van der Waals surface area contributed by atoms with Crippen molar-refractivity contribution in [1.82, 2.24) is 5.32 Å². The predicted molar refractivity (Wildman–Crippen MR) is 44.2 cm³/mol. The lowest BCUT2D eigenvalue weighted by atomic mass is 10.3. The molecule has 0 aliphatic carbocycles. The second-order valence-corrected chi connectivity index (χ2v) is 4.11. The van der Waals surface area contributed by atoms with E-state index < -0.39 is 10.1 Å². The molecular weight excluding hydrogens is 166 g/mol. The summed E-state index contributed by atoms with van der Waals surface area (Å²) in [7, 11) is -3.78. The van der Waals surface area contributed by atoms with Gasteiger partial charge in [0.1, 0.15) is 0 Å². The van der Waals surface area contributed by atoms with Gasteiger partial charge in [-0.2, -0.15) is 8.42 Å². The van der Waals surface area contributed by atoms with Crippen LogP contribution in [0.15, 0.2) is 0 Å². The molecule has 5 heteroatoms. The Bertz CT molecular complexity index is 188. The van der Waals surface area contributed by atoms with Gasteiger partial charge in [-0.1, -0.05) is 6.92 Å². The molecule has 0 aromatic heterocycles. The van der Waals surface area contributed by atoms with E-state index >= 15 is 0 Å². The third-order valence-corrected chi connectivity index (χ3v) is 2.11. The predicted octanol–water partition coefficient (Wildman–Crippen LogP) is 0.262. The second kappa shape index (κ2) is 4.69. The van der Waals surface area contributed by atoms with Crippen molar-refractivity contribution in [2.75, 3.05) is 12.3 Å². The average Bonchev–Trinajstić information content (AvgIpc) is 1.83. The first-order valence-corrected chi connectivity index (χ1v) is 5.25. The van der Waals surface area contributed by atoms with Gasteiger partial charge in [0.2, 0.25) is 0 Å². The molecule has 0 aliphatic heterocycles. The van der Waals surface area contributed by atoms with Crippen LogP contribution in [-0.2, 0) is 10.1 Å². The number of hydrogen-bond acceptors (Lipinski definition) is 3. The molecule has 0 fully saturated rings. The van der Waals surface area contributed by atoms with Crippen molar-refractivity contribution in [3.05, 3.63) is 0 Å². The van der Waals surface area contributed by atoms with Crippen LogP contribution in [-0.4, -0.2) is 31.3 Å². The maximum absolute atomic E-state index is 10.3. The van der Waals surface area contributed by atoms with Gasteiger partial charge in [0.25, 0.3) is 10.1 Å². The Hall–Kier alpha value is -0.130. The monoisotopic (exact) mass is 181 g/mol. The molecule has 0 amide bonds. The summed E-state index contributed by atoms with van der Waals surface area (Å²) in [5.41, 5.74) is 0. The highest BCUT2D eigenvalue weighted by molar-refractivity contribution is 7.85. The van der Waals surface area contributed by atoms with Crippen molar-refractivity contribution in [2.45, 2.75) is 26.3 Å². The minimum absolute atomic E-state index is 0.141. The first-order valence-electron chi connectivity index (χ1n) is 3.64. The fourth-order valence-electron chi connectivity index (χ4n) is 0.776. The van der Waals surface area contributed by atoms with Gasteiger partial charge in [0.15, 0.2) is 0 Å². The molecule has 0 spiro atoms. The van der Waals surface area contributed by atoms with Gasteiger partial charge in [-0.25, -0.2) is 0 Å². The summed E-state index contributed by atoms with van der Waals surface area (Å²) in [5, 5.41) is 3.04. The summed E-state index contributed by atoms with van der Waals surface area (Å²) in [5.74, 6) is -0.166. The summed E-state index contributed by atoms with van der Waals surface area (Å²) in [4.78, 5) is 0. The van der Waals surface area contributed by atoms with E-state index in [4.69, 9.17) is 4.55 Å². The van der Waals surface area contributed by atoms with E-state index in [2.05, 4.69) is 5.32 Å². The van der Waals surface area contributed by atoms with Crippen LogP contribution >= 0.6 is 0 Å². The maximum Gasteiger partial charge on any atom is 0.264 e.